The molecule has 4 amide bonds. The molecule has 1 unspecified atom stereocenters. The average molecular weight is 632 g/mol. The predicted molar refractivity (Wildman–Crippen MR) is 164 cm³/mol. The van der Waals surface area contributed by atoms with Crippen LogP contribution in [0.5, 0.6) is 0 Å². The molecule has 2 aromatic heterocycles. The van der Waals surface area contributed by atoms with Crippen molar-refractivity contribution in [1.82, 2.24) is 30.8 Å². The number of oxazole rings is 1. The van der Waals surface area contributed by atoms with E-state index in [0.717, 1.165) is 5.56 Å². The fourth-order valence-corrected chi connectivity index (χ4v) is 5.69. The van der Waals surface area contributed by atoms with Crippen molar-refractivity contribution in [3.05, 3.63) is 69.3 Å². The smallest absolute Gasteiger partial charge is 0.274 e. The zero-order chi connectivity index (χ0) is 30.2. The molecule has 0 saturated heterocycles. The van der Waals surface area contributed by atoms with E-state index in [0.29, 0.717) is 30.2 Å². The van der Waals surface area contributed by atoms with Crippen molar-refractivity contribution in [3.8, 4) is 0 Å². The maximum atomic E-state index is 13.4. The number of fused-ring (bicyclic) bond motifs is 4. The largest absolute Gasteiger partial charge is 0.443 e. The number of amides is 4. The Morgan fingerprint density at radius 1 is 1.12 bits per heavy atom. The minimum atomic E-state index is -0.620. The highest BCUT2D eigenvalue weighted by Gasteiger charge is 2.29. The van der Waals surface area contributed by atoms with E-state index in [-0.39, 0.29) is 79.4 Å². The van der Waals surface area contributed by atoms with E-state index >= 15 is 0 Å². The number of aryl methyl sites for hydroxylation is 1. The Morgan fingerprint density at radius 2 is 1.86 bits per heavy atom. The number of halogens is 1. The van der Waals surface area contributed by atoms with E-state index in [4.69, 9.17) is 10.2 Å². The number of carbonyl (C=O) groups excluding carboxylic acids is 4. The molecule has 0 saturated carbocycles. The summed E-state index contributed by atoms with van der Waals surface area (Å²) < 4.78 is 5.95. The van der Waals surface area contributed by atoms with E-state index in [9.17, 15) is 19.2 Å². The van der Waals surface area contributed by atoms with Crippen molar-refractivity contribution in [1.29, 1.82) is 0 Å². The van der Waals surface area contributed by atoms with Crippen LogP contribution in [-0.2, 0) is 16.0 Å². The first-order chi connectivity index (χ1) is 20.2. The maximum absolute atomic E-state index is 13.4. The van der Waals surface area contributed by atoms with E-state index in [1.807, 2.05) is 44.2 Å². The summed E-state index contributed by atoms with van der Waals surface area (Å²) in [7, 11) is 0. The summed E-state index contributed by atoms with van der Waals surface area (Å²) >= 11 is 1.28. The monoisotopic (exact) mass is 631 g/mol. The van der Waals surface area contributed by atoms with Gasteiger partial charge in [0.1, 0.15) is 22.5 Å². The van der Waals surface area contributed by atoms with Gasteiger partial charge in [-0.05, 0) is 24.8 Å². The molecule has 5 N–H and O–H groups in total. The first-order valence-corrected chi connectivity index (χ1v) is 14.9. The van der Waals surface area contributed by atoms with Crippen LogP contribution in [0.15, 0.2) is 40.1 Å². The molecule has 0 radical (unpaired) electrons. The standard InChI is InChI=1S/C29H37N7O5S.ClH/c1-17(2)24-29-33-21(16-42-29)26(39)31-11-13-36(23(38)15-30)12-7-10-22(37)32-20(14-19-8-5-4-6-9-19)28-35-25(18(3)41-28)27(40)34-24;/h4-6,8-9,16-17,20,24H,7,10-15,30H2,1-3H3,(H,31,39)(H,32,37)(H,34,40);1H/t20-,24?;/m0./s1. The first-order valence-electron chi connectivity index (χ1n) is 14.0. The van der Waals surface area contributed by atoms with Gasteiger partial charge in [-0.15, -0.1) is 23.7 Å². The van der Waals surface area contributed by atoms with Crippen LogP contribution in [-0.4, -0.2) is 64.7 Å². The quantitative estimate of drug-likeness (QED) is 0.340. The minimum Gasteiger partial charge on any atom is -0.443 e. The van der Waals surface area contributed by atoms with E-state index in [1.165, 1.54) is 16.2 Å². The lowest BCUT2D eigenvalue weighted by Crippen LogP contribution is -2.42. The second-order valence-corrected chi connectivity index (χ2v) is 11.4. The lowest BCUT2D eigenvalue weighted by Gasteiger charge is -2.22. The van der Waals surface area contributed by atoms with Gasteiger partial charge in [-0.25, -0.2) is 9.97 Å². The molecule has 3 heterocycles. The second kappa shape index (κ2) is 15.6. The molecule has 1 aliphatic heterocycles. The fourth-order valence-electron chi connectivity index (χ4n) is 4.67. The van der Waals surface area contributed by atoms with Crippen LogP contribution in [0.25, 0.3) is 0 Å². The third kappa shape index (κ3) is 8.85. The molecule has 1 aromatic carbocycles. The molecule has 2 atom stereocenters. The Hall–Kier alpha value is -3.81. The van der Waals surface area contributed by atoms with Crippen molar-refractivity contribution < 1.29 is 23.6 Å². The van der Waals surface area contributed by atoms with Crippen LogP contribution < -0.4 is 21.7 Å². The van der Waals surface area contributed by atoms with E-state index in [1.54, 1.807) is 12.3 Å². The van der Waals surface area contributed by atoms with Crippen LogP contribution in [0.3, 0.4) is 0 Å². The number of benzene rings is 1. The molecule has 232 valence electrons. The van der Waals surface area contributed by atoms with Gasteiger partial charge in [0.2, 0.25) is 17.7 Å². The van der Waals surface area contributed by atoms with Crippen molar-refractivity contribution in [2.75, 3.05) is 26.2 Å². The molecule has 12 nitrogen and oxygen atoms in total. The highest BCUT2D eigenvalue weighted by Crippen LogP contribution is 2.27. The van der Waals surface area contributed by atoms with Crippen molar-refractivity contribution in [2.45, 2.75) is 52.1 Å². The molecule has 0 spiro atoms. The van der Waals surface area contributed by atoms with Crippen LogP contribution in [0, 0.1) is 12.8 Å². The van der Waals surface area contributed by atoms with Crippen LogP contribution in [0.2, 0.25) is 0 Å². The number of aromatic nitrogens is 2. The first kappa shape index (κ1) is 33.7. The molecule has 0 aliphatic carbocycles. The highest BCUT2D eigenvalue weighted by atomic mass is 35.5. The van der Waals surface area contributed by atoms with Gasteiger partial charge < -0.3 is 31.0 Å². The molecule has 4 rings (SSSR count). The van der Waals surface area contributed by atoms with Crippen molar-refractivity contribution in [3.63, 3.8) is 0 Å². The Bertz CT molecular complexity index is 1410. The lowest BCUT2D eigenvalue weighted by atomic mass is 10.0. The minimum absolute atomic E-state index is 0. The van der Waals surface area contributed by atoms with Gasteiger partial charge in [0, 0.05) is 37.9 Å². The number of nitrogens with zero attached hydrogens (tertiary/aromatic N) is 3. The van der Waals surface area contributed by atoms with Gasteiger partial charge >= 0.3 is 0 Å². The van der Waals surface area contributed by atoms with Crippen molar-refractivity contribution >= 4 is 47.4 Å². The number of hydrogen-bond acceptors (Lipinski definition) is 9. The number of hydrogen-bond donors (Lipinski definition) is 4. The summed E-state index contributed by atoms with van der Waals surface area (Å²) in [6.45, 7) is 6.09. The van der Waals surface area contributed by atoms with Crippen LogP contribution in [0.4, 0.5) is 0 Å². The summed E-state index contributed by atoms with van der Waals surface area (Å²) in [5.41, 5.74) is 6.90. The number of nitrogens with two attached hydrogens (primary N) is 1. The van der Waals surface area contributed by atoms with Gasteiger partial charge in [0.25, 0.3) is 11.8 Å². The van der Waals surface area contributed by atoms with Gasteiger partial charge in [-0.3, -0.25) is 19.2 Å². The molecule has 3 aromatic rings. The van der Waals surface area contributed by atoms with Gasteiger partial charge in [0.05, 0.1) is 12.6 Å². The van der Waals surface area contributed by atoms with Gasteiger partial charge in [-0.1, -0.05) is 44.2 Å². The molecule has 14 heteroatoms. The number of rotatable bonds is 4. The van der Waals surface area contributed by atoms with Gasteiger partial charge in [0.15, 0.2) is 5.69 Å². The Labute approximate surface area is 260 Å². The molecule has 0 fully saturated rings. The summed E-state index contributed by atoms with van der Waals surface area (Å²) in [4.78, 5) is 62.2. The zero-order valence-electron chi connectivity index (χ0n) is 24.4. The Balaban J connectivity index is 0.00000506. The lowest BCUT2D eigenvalue weighted by molar-refractivity contribution is -0.130. The van der Waals surface area contributed by atoms with E-state index < -0.39 is 18.0 Å². The van der Waals surface area contributed by atoms with Crippen molar-refractivity contribution in [2.24, 2.45) is 11.7 Å². The fraction of sp³-hybridized carbons (Fsp3) is 0.448. The summed E-state index contributed by atoms with van der Waals surface area (Å²) in [5.74, 6) is -0.853. The zero-order valence-corrected chi connectivity index (χ0v) is 26.1. The third-order valence-electron chi connectivity index (χ3n) is 6.94. The highest BCUT2D eigenvalue weighted by molar-refractivity contribution is 7.09. The van der Waals surface area contributed by atoms with Gasteiger partial charge in [-0.2, -0.15) is 0 Å². The summed E-state index contributed by atoms with van der Waals surface area (Å²) in [6, 6.07) is 8.50. The normalized spacial score (nSPS) is 18.7. The van der Waals surface area contributed by atoms with Crippen LogP contribution in [0.1, 0.15) is 82.0 Å². The van der Waals surface area contributed by atoms with Crippen LogP contribution >= 0.6 is 23.7 Å². The maximum Gasteiger partial charge on any atom is 0.274 e. The molecular weight excluding hydrogens is 594 g/mol. The Morgan fingerprint density at radius 3 is 2.56 bits per heavy atom. The molecule has 1 aliphatic rings. The summed E-state index contributed by atoms with van der Waals surface area (Å²) in [6.07, 6.45) is 0.923. The summed E-state index contributed by atoms with van der Waals surface area (Å²) in [5, 5.41) is 11.0. The second-order valence-electron chi connectivity index (χ2n) is 10.5. The average Bonchev–Trinajstić information content (AvgIpc) is 3.61. The number of thiazole rings is 1. The predicted octanol–water partition coefficient (Wildman–Crippen LogP) is 2.70. The Kier molecular flexibility index (Phi) is 12.2. The molecule has 4 bridgehead atoms. The molecular formula is C29H38ClN7O5S. The van der Waals surface area contributed by atoms with E-state index in [2.05, 4.69) is 25.9 Å². The molecule has 43 heavy (non-hydrogen) atoms. The SMILES string of the molecule is Cc1oc2nc1C(=O)NC(C(C)C)c1nc(cs1)C(=O)NCCN(C(=O)CN)CCCC(=O)N[C@H]2Cc1ccccc1.Cl. The third-order valence-corrected chi connectivity index (χ3v) is 7.87. The number of carbonyl (C=O) groups is 4. The topological polar surface area (TPSA) is 173 Å². The number of nitrogens with one attached hydrogen (secondary N) is 3.